The zero-order chi connectivity index (χ0) is 17.1. The SMILES string of the molecule is C[S@@](=O)c1ccc(C(=O)Nc2cccc(N3CCCC3=O)c2)cc1. The summed E-state index contributed by atoms with van der Waals surface area (Å²) in [5, 5.41) is 2.83. The number of rotatable bonds is 4. The highest BCUT2D eigenvalue weighted by Crippen LogP contribution is 2.24. The monoisotopic (exact) mass is 342 g/mol. The molecular formula is C18H18N2O3S. The van der Waals surface area contributed by atoms with Gasteiger partial charge in [0.2, 0.25) is 5.91 Å². The Morgan fingerprint density at radius 1 is 1.17 bits per heavy atom. The smallest absolute Gasteiger partial charge is 0.255 e. The minimum atomic E-state index is -1.07. The van der Waals surface area contributed by atoms with Crippen LogP contribution in [-0.2, 0) is 15.6 Å². The summed E-state index contributed by atoms with van der Waals surface area (Å²) in [5.74, 6) is -0.130. The van der Waals surface area contributed by atoms with Gasteiger partial charge in [-0.3, -0.25) is 13.8 Å². The number of anilines is 2. The molecule has 0 unspecified atom stereocenters. The molecule has 0 bridgehead atoms. The lowest BCUT2D eigenvalue weighted by molar-refractivity contribution is -0.117. The van der Waals surface area contributed by atoms with Crippen LogP contribution in [-0.4, -0.2) is 28.8 Å². The average Bonchev–Trinajstić information content (AvgIpc) is 3.01. The van der Waals surface area contributed by atoms with Gasteiger partial charge in [-0.25, -0.2) is 0 Å². The van der Waals surface area contributed by atoms with Crippen molar-refractivity contribution in [1.29, 1.82) is 0 Å². The van der Waals surface area contributed by atoms with Crippen molar-refractivity contribution in [2.45, 2.75) is 17.7 Å². The van der Waals surface area contributed by atoms with Crippen LogP contribution < -0.4 is 10.2 Å². The van der Waals surface area contributed by atoms with Gasteiger partial charge in [0.05, 0.1) is 0 Å². The Bertz CT molecular complexity index is 802. The van der Waals surface area contributed by atoms with Gasteiger partial charge in [-0.05, 0) is 48.9 Å². The quantitative estimate of drug-likeness (QED) is 0.929. The molecule has 6 heteroatoms. The van der Waals surface area contributed by atoms with Crippen molar-refractivity contribution >= 4 is 34.0 Å². The third-order valence-electron chi connectivity index (χ3n) is 3.94. The lowest BCUT2D eigenvalue weighted by Crippen LogP contribution is -2.23. The molecule has 0 saturated carbocycles. The van der Waals surface area contributed by atoms with Crippen LogP contribution in [0.3, 0.4) is 0 Å². The Morgan fingerprint density at radius 2 is 1.92 bits per heavy atom. The number of hydrogen-bond donors (Lipinski definition) is 1. The summed E-state index contributed by atoms with van der Waals surface area (Å²) in [5.41, 5.74) is 1.93. The molecular weight excluding hydrogens is 324 g/mol. The standard InChI is InChI=1S/C18H18N2O3S/c1-24(23)16-9-7-13(8-10-16)18(22)19-14-4-2-5-15(12-14)20-11-3-6-17(20)21/h2,4-5,7-10,12H,3,6,11H2,1H3,(H,19,22)/t24-/m1/s1. The first-order valence-corrected chi connectivity index (χ1v) is 9.26. The summed E-state index contributed by atoms with van der Waals surface area (Å²) in [6.07, 6.45) is 3.03. The third-order valence-corrected chi connectivity index (χ3v) is 4.87. The van der Waals surface area contributed by atoms with Crippen molar-refractivity contribution < 1.29 is 13.8 Å². The first-order chi connectivity index (χ1) is 11.5. The van der Waals surface area contributed by atoms with Crippen LogP contribution in [0, 0.1) is 0 Å². The van der Waals surface area contributed by atoms with Gasteiger partial charge in [-0.15, -0.1) is 0 Å². The van der Waals surface area contributed by atoms with E-state index in [1.54, 1.807) is 47.6 Å². The predicted octanol–water partition coefficient (Wildman–Crippen LogP) is 2.80. The average molecular weight is 342 g/mol. The zero-order valence-electron chi connectivity index (χ0n) is 13.3. The molecule has 0 spiro atoms. The fraction of sp³-hybridized carbons (Fsp3) is 0.222. The summed E-state index contributed by atoms with van der Waals surface area (Å²) in [6, 6.07) is 14.0. The van der Waals surface area contributed by atoms with Crippen LogP contribution in [0.5, 0.6) is 0 Å². The van der Waals surface area contributed by atoms with Crippen LogP contribution in [0.2, 0.25) is 0 Å². The third kappa shape index (κ3) is 3.54. The van der Waals surface area contributed by atoms with Gasteiger partial charge in [0.1, 0.15) is 0 Å². The van der Waals surface area contributed by atoms with E-state index in [2.05, 4.69) is 5.32 Å². The maximum absolute atomic E-state index is 12.3. The molecule has 124 valence electrons. The number of carbonyl (C=O) groups excluding carboxylic acids is 2. The second kappa shape index (κ2) is 6.97. The maximum atomic E-state index is 12.3. The van der Waals surface area contributed by atoms with E-state index >= 15 is 0 Å². The molecule has 5 nitrogen and oxygen atoms in total. The molecule has 1 aliphatic rings. The molecule has 1 saturated heterocycles. The van der Waals surface area contributed by atoms with Crippen LogP contribution in [0.15, 0.2) is 53.4 Å². The largest absolute Gasteiger partial charge is 0.322 e. The number of nitrogens with one attached hydrogen (secondary N) is 1. The highest BCUT2D eigenvalue weighted by molar-refractivity contribution is 7.84. The highest BCUT2D eigenvalue weighted by atomic mass is 32.2. The van der Waals surface area contributed by atoms with E-state index in [1.807, 2.05) is 12.1 Å². The summed E-state index contributed by atoms with van der Waals surface area (Å²) in [7, 11) is -1.07. The molecule has 1 fully saturated rings. The van der Waals surface area contributed by atoms with E-state index in [1.165, 1.54) is 0 Å². The van der Waals surface area contributed by atoms with Crippen molar-refractivity contribution in [3.63, 3.8) is 0 Å². The molecule has 0 radical (unpaired) electrons. The summed E-state index contributed by atoms with van der Waals surface area (Å²) >= 11 is 0. The van der Waals surface area contributed by atoms with Crippen LogP contribution in [0.25, 0.3) is 0 Å². The number of carbonyl (C=O) groups is 2. The molecule has 1 atom stereocenters. The Hall–Kier alpha value is -2.47. The van der Waals surface area contributed by atoms with Gasteiger partial charge in [-0.2, -0.15) is 0 Å². The molecule has 2 aromatic carbocycles. The van der Waals surface area contributed by atoms with Gasteiger partial charge < -0.3 is 10.2 Å². The zero-order valence-corrected chi connectivity index (χ0v) is 14.1. The molecule has 0 aromatic heterocycles. The number of nitrogens with zero attached hydrogens (tertiary/aromatic N) is 1. The second-order valence-electron chi connectivity index (χ2n) is 5.63. The molecule has 0 aliphatic carbocycles. The van der Waals surface area contributed by atoms with E-state index < -0.39 is 10.8 Å². The Morgan fingerprint density at radius 3 is 2.54 bits per heavy atom. The van der Waals surface area contributed by atoms with Crippen LogP contribution >= 0.6 is 0 Å². The normalized spacial score (nSPS) is 15.4. The van der Waals surface area contributed by atoms with Gasteiger partial charge in [0.25, 0.3) is 5.91 Å². The number of amides is 2. The Kier molecular flexibility index (Phi) is 4.76. The van der Waals surface area contributed by atoms with Gasteiger partial charge in [-0.1, -0.05) is 6.07 Å². The molecule has 2 amide bonds. The first-order valence-electron chi connectivity index (χ1n) is 7.70. The van der Waals surface area contributed by atoms with Gasteiger partial charge in [0.15, 0.2) is 0 Å². The highest BCUT2D eigenvalue weighted by Gasteiger charge is 2.21. The van der Waals surface area contributed by atoms with E-state index in [0.717, 1.165) is 12.1 Å². The van der Waals surface area contributed by atoms with Crippen molar-refractivity contribution in [2.75, 3.05) is 23.0 Å². The molecule has 2 aromatic rings. The summed E-state index contributed by atoms with van der Waals surface area (Å²) in [6.45, 7) is 0.714. The first kappa shape index (κ1) is 16.4. The number of hydrogen-bond acceptors (Lipinski definition) is 3. The summed E-state index contributed by atoms with van der Waals surface area (Å²) in [4.78, 5) is 26.6. The second-order valence-corrected chi connectivity index (χ2v) is 7.01. The minimum Gasteiger partial charge on any atom is -0.322 e. The van der Waals surface area contributed by atoms with Crippen molar-refractivity contribution in [3.8, 4) is 0 Å². The van der Waals surface area contributed by atoms with E-state index in [-0.39, 0.29) is 11.8 Å². The predicted molar refractivity (Wildman–Crippen MR) is 94.8 cm³/mol. The van der Waals surface area contributed by atoms with Crippen molar-refractivity contribution in [2.24, 2.45) is 0 Å². The van der Waals surface area contributed by atoms with Crippen molar-refractivity contribution in [1.82, 2.24) is 0 Å². The molecule has 1 N–H and O–H groups in total. The molecule has 1 aliphatic heterocycles. The molecule has 3 rings (SSSR count). The van der Waals surface area contributed by atoms with Crippen LogP contribution in [0.1, 0.15) is 23.2 Å². The Labute approximate surface area is 143 Å². The van der Waals surface area contributed by atoms with Crippen molar-refractivity contribution in [3.05, 3.63) is 54.1 Å². The van der Waals surface area contributed by atoms with Gasteiger partial charge in [0, 0.05) is 51.9 Å². The van der Waals surface area contributed by atoms with E-state index in [4.69, 9.17) is 0 Å². The fourth-order valence-electron chi connectivity index (χ4n) is 2.67. The lowest BCUT2D eigenvalue weighted by atomic mass is 10.2. The van der Waals surface area contributed by atoms with E-state index in [0.29, 0.717) is 29.1 Å². The minimum absolute atomic E-state index is 0.113. The van der Waals surface area contributed by atoms with E-state index in [9.17, 15) is 13.8 Å². The maximum Gasteiger partial charge on any atom is 0.255 e. The fourth-order valence-corrected chi connectivity index (χ4v) is 3.19. The number of benzene rings is 2. The van der Waals surface area contributed by atoms with Gasteiger partial charge >= 0.3 is 0 Å². The molecule has 24 heavy (non-hydrogen) atoms. The van der Waals surface area contributed by atoms with Crippen LogP contribution in [0.4, 0.5) is 11.4 Å². The summed E-state index contributed by atoms with van der Waals surface area (Å²) < 4.78 is 11.4. The molecule has 1 heterocycles. The lowest BCUT2D eigenvalue weighted by Gasteiger charge is -2.16. The topological polar surface area (TPSA) is 66.5 Å². The Balaban J connectivity index is 1.74.